The summed E-state index contributed by atoms with van der Waals surface area (Å²) < 4.78 is 2.61. The molecule has 0 saturated heterocycles. The Labute approximate surface area is 346 Å². The largest absolute Gasteiger partial charge is 0.228 e. The van der Waals surface area contributed by atoms with Crippen LogP contribution in [0.25, 0.3) is 120 Å². The standard InChI is InChI=1S/C56H34N2S/c1-3-14-35(15-4-1)38-30-39(37-26-29-54-50(33-37)46-22-11-12-25-53(46)59-54)32-40(31-38)51-34-52(58-56(57-51)36-16-5-2-6-17-36)45-21-10-9-18-41(45)44-27-28-49-43-20-8-7-19-42(43)47-23-13-24-48(44)55(47)49/h1-34H. The molecule has 12 rings (SSSR count). The van der Waals surface area contributed by atoms with Crippen LogP contribution in [0.3, 0.4) is 0 Å². The Hall–Kier alpha value is -7.46. The maximum atomic E-state index is 5.35. The predicted octanol–water partition coefficient (Wildman–Crippen LogP) is 15.6. The van der Waals surface area contributed by atoms with E-state index in [2.05, 4.69) is 200 Å². The highest BCUT2D eigenvalue weighted by molar-refractivity contribution is 7.25. The van der Waals surface area contributed by atoms with E-state index >= 15 is 0 Å². The summed E-state index contributed by atoms with van der Waals surface area (Å²) in [6.07, 6.45) is 0. The van der Waals surface area contributed by atoms with Crippen LogP contribution in [0.2, 0.25) is 0 Å². The van der Waals surface area contributed by atoms with E-state index in [1.54, 1.807) is 0 Å². The maximum Gasteiger partial charge on any atom is 0.160 e. The number of fused-ring (bicyclic) bond motifs is 6. The minimum atomic E-state index is 0.696. The fourth-order valence-corrected chi connectivity index (χ4v) is 10.2. The van der Waals surface area contributed by atoms with Gasteiger partial charge in [0.05, 0.1) is 11.4 Å². The average molecular weight is 767 g/mol. The lowest BCUT2D eigenvalue weighted by Gasteiger charge is -2.16. The van der Waals surface area contributed by atoms with Crippen molar-refractivity contribution in [2.24, 2.45) is 0 Å². The molecule has 59 heavy (non-hydrogen) atoms. The molecule has 0 radical (unpaired) electrons. The molecule has 1 aliphatic rings. The first-order chi connectivity index (χ1) is 29.2. The molecule has 0 atom stereocenters. The smallest absolute Gasteiger partial charge is 0.160 e. The molecule has 0 saturated carbocycles. The summed E-state index contributed by atoms with van der Waals surface area (Å²) >= 11 is 1.85. The van der Waals surface area contributed by atoms with Crippen LogP contribution >= 0.6 is 11.3 Å². The first-order valence-electron chi connectivity index (χ1n) is 20.1. The Morgan fingerprint density at radius 1 is 0.271 bits per heavy atom. The second-order valence-corrected chi connectivity index (χ2v) is 16.4. The number of hydrogen-bond acceptors (Lipinski definition) is 3. The van der Waals surface area contributed by atoms with Crippen molar-refractivity contribution in [2.45, 2.75) is 0 Å². The Morgan fingerprint density at radius 2 is 0.814 bits per heavy atom. The number of rotatable bonds is 6. The van der Waals surface area contributed by atoms with Crippen LogP contribution < -0.4 is 0 Å². The van der Waals surface area contributed by atoms with Crippen molar-refractivity contribution in [3.8, 4) is 89.5 Å². The first kappa shape index (κ1) is 33.7. The highest BCUT2D eigenvalue weighted by Crippen LogP contribution is 2.50. The van der Waals surface area contributed by atoms with Crippen molar-refractivity contribution >= 4 is 42.3 Å². The van der Waals surface area contributed by atoms with Crippen molar-refractivity contribution in [1.82, 2.24) is 9.97 Å². The summed E-state index contributed by atoms with van der Waals surface area (Å²) in [6.45, 7) is 0. The van der Waals surface area contributed by atoms with Gasteiger partial charge in [-0.1, -0.05) is 164 Å². The Bertz CT molecular complexity index is 3410. The van der Waals surface area contributed by atoms with Gasteiger partial charge in [0.2, 0.25) is 0 Å². The molecule has 1 aliphatic carbocycles. The molecule has 3 heteroatoms. The predicted molar refractivity (Wildman–Crippen MR) is 249 cm³/mol. The van der Waals surface area contributed by atoms with Gasteiger partial charge in [-0.3, -0.25) is 0 Å². The lowest BCUT2D eigenvalue weighted by Crippen LogP contribution is -1.98. The van der Waals surface area contributed by atoms with Gasteiger partial charge in [-0.25, -0.2) is 9.97 Å². The zero-order chi connectivity index (χ0) is 38.9. The average Bonchev–Trinajstić information content (AvgIpc) is 3.85. The van der Waals surface area contributed by atoms with Crippen LogP contribution in [-0.2, 0) is 0 Å². The molecule has 9 aromatic carbocycles. The molecule has 0 unspecified atom stereocenters. The summed E-state index contributed by atoms with van der Waals surface area (Å²) in [5, 5.41) is 5.14. The third-order valence-electron chi connectivity index (χ3n) is 11.8. The summed E-state index contributed by atoms with van der Waals surface area (Å²) in [5.74, 6) is 0.696. The third kappa shape index (κ3) is 5.62. The van der Waals surface area contributed by atoms with Crippen molar-refractivity contribution in [3.05, 3.63) is 206 Å². The summed E-state index contributed by atoms with van der Waals surface area (Å²) in [7, 11) is 0. The van der Waals surface area contributed by atoms with E-state index in [0.29, 0.717) is 5.82 Å². The van der Waals surface area contributed by atoms with E-state index < -0.39 is 0 Å². The quantitative estimate of drug-likeness (QED) is 0.168. The molecule has 0 aliphatic heterocycles. The zero-order valence-corrected chi connectivity index (χ0v) is 32.7. The normalized spacial score (nSPS) is 11.7. The molecule has 11 aromatic rings. The molecule has 0 amide bonds. The van der Waals surface area contributed by atoms with Crippen LogP contribution in [-0.4, -0.2) is 9.97 Å². The number of thiophene rings is 1. The highest BCUT2D eigenvalue weighted by atomic mass is 32.1. The van der Waals surface area contributed by atoms with Crippen LogP contribution in [0.15, 0.2) is 206 Å². The minimum absolute atomic E-state index is 0.696. The van der Waals surface area contributed by atoms with Gasteiger partial charge in [-0.05, 0) is 109 Å². The monoisotopic (exact) mass is 766 g/mol. The van der Waals surface area contributed by atoms with Crippen LogP contribution in [0, 0.1) is 0 Å². The summed E-state index contributed by atoms with van der Waals surface area (Å²) in [5.41, 5.74) is 17.0. The number of nitrogens with zero attached hydrogens (tertiary/aromatic N) is 2. The molecule has 0 N–H and O–H groups in total. The van der Waals surface area contributed by atoms with Gasteiger partial charge in [0.15, 0.2) is 5.82 Å². The van der Waals surface area contributed by atoms with Gasteiger partial charge in [0.25, 0.3) is 0 Å². The zero-order valence-electron chi connectivity index (χ0n) is 31.9. The second kappa shape index (κ2) is 13.6. The van der Waals surface area contributed by atoms with Gasteiger partial charge >= 0.3 is 0 Å². The lowest BCUT2D eigenvalue weighted by atomic mass is 9.90. The molecule has 2 nitrogen and oxygen atoms in total. The number of benzene rings is 9. The van der Waals surface area contributed by atoms with Crippen LogP contribution in [0.1, 0.15) is 0 Å². The summed E-state index contributed by atoms with van der Waals surface area (Å²) in [6, 6.07) is 74.5. The van der Waals surface area contributed by atoms with Crippen molar-refractivity contribution < 1.29 is 0 Å². The Morgan fingerprint density at radius 3 is 1.59 bits per heavy atom. The van der Waals surface area contributed by atoms with Gasteiger partial charge in [0.1, 0.15) is 0 Å². The second-order valence-electron chi connectivity index (χ2n) is 15.3. The van der Waals surface area contributed by atoms with Crippen LogP contribution in [0.4, 0.5) is 0 Å². The van der Waals surface area contributed by atoms with Crippen molar-refractivity contribution in [1.29, 1.82) is 0 Å². The van der Waals surface area contributed by atoms with E-state index in [9.17, 15) is 0 Å². The fraction of sp³-hybridized carbons (Fsp3) is 0. The van der Waals surface area contributed by atoms with E-state index in [0.717, 1.165) is 50.3 Å². The maximum absolute atomic E-state index is 5.35. The minimum Gasteiger partial charge on any atom is -0.228 e. The molecule has 2 aromatic heterocycles. The third-order valence-corrected chi connectivity index (χ3v) is 13.0. The van der Waals surface area contributed by atoms with Crippen molar-refractivity contribution in [2.75, 3.05) is 0 Å². The fourth-order valence-electron chi connectivity index (χ4n) is 9.08. The Kier molecular flexibility index (Phi) is 7.75. The number of aromatic nitrogens is 2. The molecular weight excluding hydrogens is 733 g/mol. The van der Waals surface area contributed by atoms with Gasteiger partial charge < -0.3 is 0 Å². The van der Waals surface area contributed by atoms with E-state index in [1.165, 1.54) is 64.3 Å². The van der Waals surface area contributed by atoms with Crippen molar-refractivity contribution in [3.63, 3.8) is 0 Å². The van der Waals surface area contributed by atoms with Crippen LogP contribution in [0.5, 0.6) is 0 Å². The molecule has 0 spiro atoms. The topological polar surface area (TPSA) is 25.8 Å². The first-order valence-corrected chi connectivity index (χ1v) is 20.9. The van der Waals surface area contributed by atoms with Gasteiger partial charge in [0, 0.05) is 36.9 Å². The summed E-state index contributed by atoms with van der Waals surface area (Å²) in [4.78, 5) is 10.7. The Balaban J connectivity index is 1.07. The highest BCUT2D eigenvalue weighted by Gasteiger charge is 2.24. The van der Waals surface area contributed by atoms with E-state index in [-0.39, 0.29) is 0 Å². The van der Waals surface area contributed by atoms with E-state index in [1.807, 2.05) is 17.4 Å². The molecule has 2 heterocycles. The van der Waals surface area contributed by atoms with Gasteiger partial charge in [-0.15, -0.1) is 11.3 Å². The SMILES string of the molecule is c1ccc(-c2cc(-c3ccc4sc5ccccc5c4c3)cc(-c3cc(-c4ccccc4-c4ccc5c6c(cccc46)-c4ccccc4-5)nc(-c4ccccc4)n3)c2)cc1. The molecular formula is C56H34N2S. The molecule has 0 bridgehead atoms. The molecule has 274 valence electrons. The number of hydrogen-bond donors (Lipinski definition) is 0. The van der Waals surface area contributed by atoms with Gasteiger partial charge in [-0.2, -0.15) is 0 Å². The lowest BCUT2D eigenvalue weighted by molar-refractivity contribution is 1.18. The molecule has 0 fully saturated rings. The van der Waals surface area contributed by atoms with E-state index in [4.69, 9.17) is 9.97 Å².